The van der Waals surface area contributed by atoms with Crippen LogP contribution >= 0.6 is 11.3 Å². The topological polar surface area (TPSA) is 57.7 Å². The maximum absolute atomic E-state index is 12.1. The van der Waals surface area contributed by atoms with E-state index < -0.39 is 0 Å². The minimum Gasteiger partial charge on any atom is -0.495 e. The summed E-state index contributed by atoms with van der Waals surface area (Å²) < 4.78 is 5.48. The maximum atomic E-state index is 12.1. The van der Waals surface area contributed by atoms with E-state index >= 15 is 0 Å². The van der Waals surface area contributed by atoms with Gasteiger partial charge in [-0.05, 0) is 25.0 Å². The van der Waals surface area contributed by atoms with Gasteiger partial charge in [0.2, 0.25) is 0 Å². The van der Waals surface area contributed by atoms with Crippen LogP contribution in [0.15, 0.2) is 29.6 Å². The van der Waals surface area contributed by atoms with Crippen LogP contribution in [0.1, 0.15) is 28.3 Å². The lowest BCUT2D eigenvalue weighted by Gasteiger charge is -2.36. The van der Waals surface area contributed by atoms with Gasteiger partial charge in [-0.2, -0.15) is 0 Å². The van der Waals surface area contributed by atoms with Gasteiger partial charge >= 0.3 is 0 Å². The van der Waals surface area contributed by atoms with Crippen molar-refractivity contribution in [3.8, 4) is 5.75 Å². The number of aromatic nitrogens is 1. The summed E-state index contributed by atoms with van der Waals surface area (Å²) in [4.78, 5) is 21.3. The Labute approximate surface area is 157 Å². The Bertz CT molecular complexity index is 766. The molecule has 0 unspecified atom stereocenters. The number of anilines is 1. The Kier molecular flexibility index (Phi) is 5.08. The van der Waals surface area contributed by atoms with Crippen molar-refractivity contribution in [2.24, 2.45) is 0 Å². The number of hydrogen-bond acceptors (Lipinski definition) is 6. The lowest BCUT2D eigenvalue weighted by molar-refractivity contribution is 0.0946. The molecule has 0 bridgehead atoms. The SMILES string of the molecule is COc1ccccc1N1CCN(Cc2nc(C(=O)NC3CC3)cs2)CC1. The summed E-state index contributed by atoms with van der Waals surface area (Å²) in [7, 11) is 1.72. The smallest absolute Gasteiger partial charge is 0.270 e. The normalized spacial score (nSPS) is 18.0. The highest BCUT2D eigenvalue weighted by Crippen LogP contribution is 2.28. The molecule has 2 aliphatic rings. The highest BCUT2D eigenvalue weighted by atomic mass is 32.1. The molecule has 6 nitrogen and oxygen atoms in total. The zero-order valence-corrected chi connectivity index (χ0v) is 15.8. The Morgan fingerprint density at radius 2 is 2.04 bits per heavy atom. The van der Waals surface area contributed by atoms with E-state index in [2.05, 4.69) is 26.2 Å². The predicted molar refractivity (Wildman–Crippen MR) is 103 cm³/mol. The van der Waals surface area contributed by atoms with Crippen molar-refractivity contribution >= 4 is 22.9 Å². The van der Waals surface area contributed by atoms with Gasteiger partial charge in [0.05, 0.1) is 19.3 Å². The summed E-state index contributed by atoms with van der Waals surface area (Å²) in [6.45, 7) is 4.67. The lowest BCUT2D eigenvalue weighted by atomic mass is 10.2. The summed E-state index contributed by atoms with van der Waals surface area (Å²) in [6, 6.07) is 8.54. The second kappa shape index (κ2) is 7.63. The number of carbonyl (C=O) groups excluding carboxylic acids is 1. The van der Waals surface area contributed by atoms with Gasteiger partial charge in [0.25, 0.3) is 5.91 Å². The zero-order chi connectivity index (χ0) is 17.9. The Balaban J connectivity index is 1.31. The van der Waals surface area contributed by atoms with Crippen LogP contribution in [0.3, 0.4) is 0 Å². The van der Waals surface area contributed by atoms with Crippen LogP contribution < -0.4 is 15.0 Å². The molecule has 1 aromatic carbocycles. The third-order valence-corrected chi connectivity index (χ3v) is 5.69. The van der Waals surface area contributed by atoms with Gasteiger partial charge in [-0.3, -0.25) is 9.69 Å². The van der Waals surface area contributed by atoms with Crippen LogP contribution in [-0.4, -0.2) is 55.1 Å². The fourth-order valence-electron chi connectivity index (χ4n) is 3.20. The summed E-state index contributed by atoms with van der Waals surface area (Å²) in [5, 5.41) is 5.88. The molecule has 26 heavy (non-hydrogen) atoms. The van der Waals surface area contributed by atoms with Crippen LogP contribution in [0.25, 0.3) is 0 Å². The molecule has 2 heterocycles. The van der Waals surface area contributed by atoms with Gasteiger partial charge in [0.15, 0.2) is 0 Å². The Hall–Kier alpha value is -2.12. The molecule has 0 atom stereocenters. The molecule has 7 heteroatoms. The monoisotopic (exact) mass is 372 g/mol. The van der Waals surface area contributed by atoms with Crippen molar-refractivity contribution in [1.82, 2.24) is 15.2 Å². The predicted octanol–water partition coefficient (Wildman–Crippen LogP) is 2.37. The van der Waals surface area contributed by atoms with E-state index in [0.29, 0.717) is 11.7 Å². The molecule has 1 aliphatic carbocycles. The molecule has 0 radical (unpaired) electrons. The maximum Gasteiger partial charge on any atom is 0.270 e. The fraction of sp³-hybridized carbons (Fsp3) is 0.474. The number of benzene rings is 1. The molecule has 0 spiro atoms. The van der Waals surface area contributed by atoms with Crippen molar-refractivity contribution in [3.63, 3.8) is 0 Å². The number of methoxy groups -OCH3 is 1. The average molecular weight is 372 g/mol. The number of ether oxygens (including phenoxy) is 1. The number of hydrogen-bond donors (Lipinski definition) is 1. The minimum absolute atomic E-state index is 0.0315. The van der Waals surface area contributed by atoms with Gasteiger partial charge < -0.3 is 15.0 Å². The number of para-hydroxylation sites is 2. The standard InChI is InChI=1S/C19H24N4O2S/c1-25-17-5-3-2-4-16(17)23-10-8-22(9-11-23)12-18-21-15(13-26-18)19(24)20-14-6-7-14/h2-5,13-14H,6-12H2,1H3,(H,20,24). The molecule has 138 valence electrons. The van der Waals surface area contributed by atoms with Crippen molar-refractivity contribution < 1.29 is 9.53 Å². The number of nitrogens with zero attached hydrogens (tertiary/aromatic N) is 3. The van der Waals surface area contributed by atoms with E-state index in [4.69, 9.17) is 4.74 Å². The lowest BCUT2D eigenvalue weighted by Crippen LogP contribution is -2.46. The molecule has 1 amide bonds. The van der Waals surface area contributed by atoms with Crippen LogP contribution in [0, 0.1) is 0 Å². The van der Waals surface area contributed by atoms with Crippen molar-refractivity contribution in [3.05, 3.63) is 40.3 Å². The Morgan fingerprint density at radius 1 is 1.27 bits per heavy atom. The number of amides is 1. The molecular formula is C19H24N4O2S. The summed E-state index contributed by atoms with van der Waals surface area (Å²) >= 11 is 1.58. The largest absolute Gasteiger partial charge is 0.495 e. The highest BCUT2D eigenvalue weighted by molar-refractivity contribution is 7.09. The number of nitrogens with one attached hydrogen (secondary N) is 1. The number of rotatable bonds is 6. The quantitative estimate of drug-likeness (QED) is 0.844. The molecular weight excluding hydrogens is 348 g/mol. The molecule has 1 aliphatic heterocycles. The summed E-state index contributed by atoms with van der Waals surface area (Å²) in [5.74, 6) is 0.892. The molecule has 2 fully saturated rings. The first-order valence-corrected chi connectivity index (χ1v) is 9.96. The van der Waals surface area contributed by atoms with Gasteiger partial charge in [0.1, 0.15) is 16.5 Å². The van der Waals surface area contributed by atoms with E-state index in [1.807, 2.05) is 23.6 Å². The zero-order valence-electron chi connectivity index (χ0n) is 15.0. The van der Waals surface area contributed by atoms with Crippen molar-refractivity contribution in [2.45, 2.75) is 25.4 Å². The number of thiazole rings is 1. The van der Waals surface area contributed by atoms with E-state index in [1.165, 1.54) is 0 Å². The minimum atomic E-state index is -0.0315. The van der Waals surface area contributed by atoms with Crippen LogP contribution in [0.5, 0.6) is 5.75 Å². The first-order chi connectivity index (χ1) is 12.7. The fourth-order valence-corrected chi connectivity index (χ4v) is 4.02. The van der Waals surface area contributed by atoms with E-state index in [9.17, 15) is 4.79 Å². The summed E-state index contributed by atoms with van der Waals surface area (Å²) in [5.41, 5.74) is 1.72. The average Bonchev–Trinajstić information content (AvgIpc) is 3.37. The second-order valence-electron chi connectivity index (χ2n) is 6.81. The molecule has 2 aromatic rings. The van der Waals surface area contributed by atoms with Gasteiger partial charge in [-0.1, -0.05) is 12.1 Å². The molecule has 1 aromatic heterocycles. The molecule has 1 saturated heterocycles. The molecule has 1 saturated carbocycles. The van der Waals surface area contributed by atoms with Crippen LogP contribution in [0.4, 0.5) is 5.69 Å². The van der Waals surface area contributed by atoms with Crippen molar-refractivity contribution in [1.29, 1.82) is 0 Å². The van der Waals surface area contributed by atoms with Crippen LogP contribution in [-0.2, 0) is 6.54 Å². The van der Waals surface area contributed by atoms with Gasteiger partial charge in [0, 0.05) is 37.6 Å². The summed E-state index contributed by atoms with van der Waals surface area (Å²) in [6.07, 6.45) is 2.19. The first-order valence-electron chi connectivity index (χ1n) is 9.08. The van der Waals surface area contributed by atoms with Gasteiger partial charge in [-0.25, -0.2) is 4.98 Å². The third kappa shape index (κ3) is 3.99. The van der Waals surface area contributed by atoms with E-state index in [0.717, 1.165) is 62.0 Å². The van der Waals surface area contributed by atoms with E-state index in [-0.39, 0.29) is 5.91 Å². The second-order valence-corrected chi connectivity index (χ2v) is 7.75. The highest BCUT2D eigenvalue weighted by Gasteiger charge is 2.25. The van der Waals surface area contributed by atoms with Crippen molar-refractivity contribution in [2.75, 3.05) is 38.2 Å². The molecule has 4 rings (SSSR count). The van der Waals surface area contributed by atoms with Gasteiger partial charge in [-0.15, -0.1) is 11.3 Å². The first kappa shape index (κ1) is 17.3. The van der Waals surface area contributed by atoms with Crippen LogP contribution in [0.2, 0.25) is 0 Å². The molecule has 1 N–H and O–H groups in total. The van der Waals surface area contributed by atoms with E-state index in [1.54, 1.807) is 18.4 Å². The number of carbonyl (C=O) groups is 1. The third-order valence-electron chi connectivity index (χ3n) is 4.85. The Morgan fingerprint density at radius 3 is 2.77 bits per heavy atom. The number of piperazine rings is 1.